The summed E-state index contributed by atoms with van der Waals surface area (Å²) in [6.07, 6.45) is 0.293. The first-order chi connectivity index (χ1) is 16.7. The Balaban J connectivity index is 1.74. The Morgan fingerprint density at radius 1 is 0.771 bits per heavy atom. The van der Waals surface area contributed by atoms with Crippen LogP contribution in [0.2, 0.25) is 0 Å². The zero-order valence-corrected chi connectivity index (χ0v) is 19.2. The Bertz CT molecular complexity index is 988. The van der Waals surface area contributed by atoms with Crippen molar-refractivity contribution in [3.8, 4) is 11.5 Å². The number of alkyl halides is 4. The third-order valence-corrected chi connectivity index (χ3v) is 4.78. The van der Waals surface area contributed by atoms with Crippen molar-refractivity contribution in [1.29, 1.82) is 0 Å². The average molecular weight is 494 g/mol. The van der Waals surface area contributed by atoms with Crippen LogP contribution in [-0.2, 0) is 9.59 Å². The number of methoxy groups -OCH3 is 2. The molecule has 10 heteroatoms. The number of amides is 2. The van der Waals surface area contributed by atoms with Gasteiger partial charge in [-0.15, -0.1) is 0 Å². The number of nitrogens with one attached hydrogen (secondary N) is 2. The fourth-order valence-corrected chi connectivity index (χ4v) is 3.03. The highest BCUT2D eigenvalue weighted by Crippen LogP contribution is 2.31. The third-order valence-electron chi connectivity index (χ3n) is 4.78. The van der Waals surface area contributed by atoms with Gasteiger partial charge in [0.1, 0.15) is 11.5 Å². The minimum Gasteiger partial charge on any atom is -0.496 e. The second kappa shape index (κ2) is 13.8. The Hall–Kier alpha value is -3.82. The van der Waals surface area contributed by atoms with Crippen LogP contribution >= 0.6 is 0 Å². The molecule has 2 amide bonds. The second-order valence-electron chi connectivity index (χ2n) is 7.21. The molecule has 0 atom stereocenters. The fourth-order valence-electron chi connectivity index (χ4n) is 3.03. The SMILES string of the molecule is COc1ccc(C=CC(=O)NCCCNC(=O)C=Cc2ccc(OC)c(C(F)F)c2)cc1C(F)F. The Morgan fingerprint density at radius 3 is 1.51 bits per heavy atom. The zero-order valence-electron chi connectivity index (χ0n) is 19.2. The van der Waals surface area contributed by atoms with Crippen LogP contribution in [-0.4, -0.2) is 39.1 Å². The predicted octanol–water partition coefficient (Wildman–Crippen LogP) is 4.93. The molecular formula is C25H26F4N2O4. The lowest BCUT2D eigenvalue weighted by Gasteiger charge is -2.08. The zero-order chi connectivity index (χ0) is 25.8. The largest absolute Gasteiger partial charge is 0.496 e. The minimum atomic E-state index is -2.71. The lowest BCUT2D eigenvalue weighted by Crippen LogP contribution is -2.28. The van der Waals surface area contributed by atoms with Crippen LogP contribution < -0.4 is 20.1 Å². The molecule has 2 N–H and O–H groups in total. The first-order valence-corrected chi connectivity index (χ1v) is 10.6. The standard InChI is InChI=1S/C25H26F4N2O4/c1-34-20-8-4-16(14-18(20)24(26)27)6-10-22(32)30-12-3-13-31-23(33)11-7-17-5-9-21(35-2)19(15-17)25(28)29/h4-11,14-15,24-25H,3,12-13H2,1-2H3,(H,30,32)(H,31,33). The summed E-state index contributed by atoms with van der Waals surface area (Å²) >= 11 is 0. The maximum atomic E-state index is 13.0. The van der Waals surface area contributed by atoms with E-state index in [4.69, 9.17) is 9.47 Å². The molecule has 0 aliphatic heterocycles. The van der Waals surface area contributed by atoms with Crippen LogP contribution in [0.1, 0.15) is 41.5 Å². The molecule has 188 valence electrons. The summed E-state index contributed by atoms with van der Waals surface area (Å²) in [5.74, 6) is -0.694. The summed E-state index contributed by atoms with van der Waals surface area (Å²) in [5, 5.41) is 5.24. The molecule has 0 saturated carbocycles. The van der Waals surface area contributed by atoms with Crippen molar-refractivity contribution in [3.05, 3.63) is 70.8 Å². The summed E-state index contributed by atoms with van der Waals surface area (Å²) in [6, 6.07) is 8.41. The van der Waals surface area contributed by atoms with E-state index in [2.05, 4.69) is 10.6 Å². The number of halogens is 4. The highest BCUT2D eigenvalue weighted by molar-refractivity contribution is 5.92. The van der Waals surface area contributed by atoms with Crippen LogP contribution in [0.15, 0.2) is 48.6 Å². The van der Waals surface area contributed by atoms with Gasteiger partial charge in [-0.2, -0.15) is 0 Å². The quantitative estimate of drug-likeness (QED) is 0.249. The molecule has 35 heavy (non-hydrogen) atoms. The Labute approximate surface area is 200 Å². The number of carbonyl (C=O) groups excluding carboxylic acids is 2. The summed E-state index contributed by atoms with van der Waals surface area (Å²) in [4.78, 5) is 23.8. The Morgan fingerprint density at radius 2 is 1.17 bits per heavy atom. The van der Waals surface area contributed by atoms with Crippen LogP contribution in [0.3, 0.4) is 0 Å². The maximum absolute atomic E-state index is 13.0. The molecule has 0 radical (unpaired) electrons. The number of carbonyl (C=O) groups is 2. The molecule has 0 spiro atoms. The van der Waals surface area contributed by atoms with Crippen molar-refractivity contribution < 1.29 is 36.6 Å². The van der Waals surface area contributed by atoms with Gasteiger partial charge in [-0.05, 0) is 54.0 Å². The summed E-state index contributed by atoms with van der Waals surface area (Å²) in [7, 11) is 2.60. The van der Waals surface area contributed by atoms with Gasteiger partial charge in [0.25, 0.3) is 12.9 Å². The van der Waals surface area contributed by atoms with Gasteiger partial charge in [0.15, 0.2) is 0 Å². The molecular weight excluding hydrogens is 468 g/mol. The second-order valence-corrected chi connectivity index (χ2v) is 7.21. The summed E-state index contributed by atoms with van der Waals surface area (Å²) in [5.41, 5.74) is 0.322. The van der Waals surface area contributed by atoms with E-state index < -0.39 is 24.7 Å². The van der Waals surface area contributed by atoms with E-state index in [1.165, 1.54) is 62.8 Å². The lowest BCUT2D eigenvalue weighted by atomic mass is 10.1. The molecule has 0 saturated heterocycles. The van der Waals surface area contributed by atoms with Crippen LogP contribution in [0.25, 0.3) is 12.2 Å². The van der Waals surface area contributed by atoms with Crippen molar-refractivity contribution in [1.82, 2.24) is 10.6 Å². The van der Waals surface area contributed by atoms with Gasteiger partial charge >= 0.3 is 0 Å². The van der Waals surface area contributed by atoms with Crippen molar-refractivity contribution in [3.63, 3.8) is 0 Å². The molecule has 0 unspecified atom stereocenters. The van der Waals surface area contributed by atoms with E-state index in [9.17, 15) is 27.2 Å². The van der Waals surface area contributed by atoms with E-state index in [1.54, 1.807) is 12.1 Å². The molecule has 0 bridgehead atoms. The fraction of sp³-hybridized carbons (Fsp3) is 0.280. The normalized spacial score (nSPS) is 11.4. The van der Waals surface area contributed by atoms with Gasteiger partial charge in [-0.3, -0.25) is 9.59 Å². The van der Waals surface area contributed by atoms with Crippen molar-refractivity contribution in [2.45, 2.75) is 19.3 Å². The maximum Gasteiger partial charge on any atom is 0.267 e. The molecule has 2 rings (SSSR count). The van der Waals surface area contributed by atoms with Crippen molar-refractivity contribution in [2.75, 3.05) is 27.3 Å². The predicted molar refractivity (Wildman–Crippen MR) is 125 cm³/mol. The van der Waals surface area contributed by atoms with Crippen LogP contribution in [0.5, 0.6) is 11.5 Å². The summed E-state index contributed by atoms with van der Waals surface area (Å²) in [6.45, 7) is 0.544. The first-order valence-electron chi connectivity index (χ1n) is 10.6. The molecule has 0 aromatic heterocycles. The van der Waals surface area contributed by atoms with E-state index in [1.807, 2.05) is 0 Å². The molecule has 0 aliphatic rings. The topological polar surface area (TPSA) is 76.7 Å². The highest BCUT2D eigenvalue weighted by Gasteiger charge is 2.14. The summed E-state index contributed by atoms with van der Waals surface area (Å²) < 4.78 is 62.0. The van der Waals surface area contributed by atoms with E-state index in [0.29, 0.717) is 17.5 Å². The molecule has 0 fully saturated rings. The number of hydrogen-bond acceptors (Lipinski definition) is 4. The highest BCUT2D eigenvalue weighted by atomic mass is 19.3. The number of ether oxygens (including phenoxy) is 2. The number of rotatable bonds is 12. The van der Waals surface area contributed by atoms with Gasteiger partial charge in [-0.25, -0.2) is 17.6 Å². The third kappa shape index (κ3) is 8.80. The number of hydrogen-bond donors (Lipinski definition) is 2. The van der Waals surface area contributed by atoms with E-state index in [-0.39, 0.29) is 35.7 Å². The van der Waals surface area contributed by atoms with Crippen LogP contribution in [0, 0.1) is 0 Å². The Kier molecular flexibility index (Phi) is 10.8. The lowest BCUT2D eigenvalue weighted by molar-refractivity contribution is -0.116. The molecule has 6 nitrogen and oxygen atoms in total. The van der Waals surface area contributed by atoms with Gasteiger partial charge in [0.2, 0.25) is 11.8 Å². The van der Waals surface area contributed by atoms with Gasteiger partial charge in [-0.1, -0.05) is 12.1 Å². The molecule has 0 aliphatic carbocycles. The average Bonchev–Trinajstić information content (AvgIpc) is 2.85. The van der Waals surface area contributed by atoms with Gasteiger partial charge in [0.05, 0.1) is 25.3 Å². The molecule has 0 heterocycles. The molecule has 2 aromatic carbocycles. The number of benzene rings is 2. The van der Waals surface area contributed by atoms with Gasteiger partial charge in [0, 0.05) is 25.2 Å². The van der Waals surface area contributed by atoms with E-state index in [0.717, 1.165) is 0 Å². The monoisotopic (exact) mass is 494 g/mol. The van der Waals surface area contributed by atoms with Crippen LogP contribution in [0.4, 0.5) is 17.6 Å². The van der Waals surface area contributed by atoms with Gasteiger partial charge < -0.3 is 20.1 Å². The first kappa shape index (κ1) is 27.4. The minimum absolute atomic E-state index is 0.0698. The smallest absolute Gasteiger partial charge is 0.267 e. The van der Waals surface area contributed by atoms with Crippen molar-refractivity contribution >= 4 is 24.0 Å². The molecule has 2 aromatic rings. The van der Waals surface area contributed by atoms with Crippen molar-refractivity contribution in [2.24, 2.45) is 0 Å². The van der Waals surface area contributed by atoms with E-state index >= 15 is 0 Å².